The van der Waals surface area contributed by atoms with Crippen molar-refractivity contribution in [1.29, 1.82) is 0 Å². The van der Waals surface area contributed by atoms with Gasteiger partial charge in [-0.3, -0.25) is 0 Å². The minimum atomic E-state index is 0.669. The molecule has 0 unspecified atom stereocenters. The van der Waals surface area contributed by atoms with Crippen LogP contribution in [0.1, 0.15) is 5.56 Å². The summed E-state index contributed by atoms with van der Waals surface area (Å²) < 4.78 is 5.81. The summed E-state index contributed by atoms with van der Waals surface area (Å²) in [7, 11) is 0. The van der Waals surface area contributed by atoms with E-state index < -0.39 is 0 Å². The van der Waals surface area contributed by atoms with Gasteiger partial charge in [-0.15, -0.1) is 0 Å². The Morgan fingerprint density at radius 3 is 2.53 bits per heavy atom. The van der Waals surface area contributed by atoms with Crippen LogP contribution in [0, 0.1) is 6.92 Å². The van der Waals surface area contributed by atoms with Crippen molar-refractivity contribution in [2.75, 3.05) is 0 Å². The maximum absolute atomic E-state index is 6.17. The molecule has 0 aliphatic rings. The lowest BCUT2D eigenvalue weighted by Crippen LogP contribution is -1.71. The lowest BCUT2D eigenvalue weighted by Gasteiger charge is -1.95. The summed E-state index contributed by atoms with van der Waals surface area (Å²) in [6, 6.07) is 16.1. The fourth-order valence-corrected chi connectivity index (χ4v) is 2.32. The molecule has 0 atom stereocenters. The Balaban J connectivity index is 2.24. The van der Waals surface area contributed by atoms with Crippen molar-refractivity contribution < 1.29 is 4.42 Å². The minimum Gasteiger partial charge on any atom is -0.455 e. The van der Waals surface area contributed by atoms with Crippen molar-refractivity contribution in [1.82, 2.24) is 0 Å². The number of hydrogen-bond acceptors (Lipinski definition) is 1. The van der Waals surface area contributed by atoms with Crippen LogP contribution in [0.15, 0.2) is 52.9 Å². The topological polar surface area (TPSA) is 13.1 Å². The van der Waals surface area contributed by atoms with Crippen molar-refractivity contribution >= 4 is 22.6 Å². The molecule has 0 N–H and O–H groups in total. The molecule has 0 radical (unpaired) electrons. The molecule has 1 nitrogen and oxygen atoms in total. The van der Waals surface area contributed by atoms with Crippen LogP contribution >= 0.6 is 11.6 Å². The average Bonchev–Trinajstić information content (AvgIpc) is 2.74. The van der Waals surface area contributed by atoms with Gasteiger partial charge in [-0.25, -0.2) is 0 Å². The molecule has 2 heteroatoms. The Hall–Kier alpha value is -1.73. The number of aryl methyl sites for hydroxylation is 1. The van der Waals surface area contributed by atoms with Crippen molar-refractivity contribution in [3.05, 3.63) is 59.1 Å². The summed E-state index contributed by atoms with van der Waals surface area (Å²) in [5, 5.41) is 1.72. The van der Waals surface area contributed by atoms with Crippen molar-refractivity contribution in [3.63, 3.8) is 0 Å². The normalized spacial score (nSPS) is 10.9. The highest BCUT2D eigenvalue weighted by Crippen LogP contribution is 2.32. The zero-order valence-corrected chi connectivity index (χ0v) is 10.2. The van der Waals surface area contributed by atoms with E-state index in [0.29, 0.717) is 5.02 Å². The molecule has 3 aromatic rings. The zero-order valence-electron chi connectivity index (χ0n) is 9.41. The van der Waals surface area contributed by atoms with Gasteiger partial charge >= 0.3 is 0 Å². The number of fused-ring (bicyclic) bond motifs is 1. The van der Waals surface area contributed by atoms with E-state index >= 15 is 0 Å². The number of benzene rings is 2. The van der Waals surface area contributed by atoms with E-state index in [9.17, 15) is 0 Å². The van der Waals surface area contributed by atoms with E-state index in [1.807, 2.05) is 49.4 Å². The van der Waals surface area contributed by atoms with E-state index in [0.717, 1.165) is 27.9 Å². The Morgan fingerprint density at radius 1 is 1.00 bits per heavy atom. The van der Waals surface area contributed by atoms with Gasteiger partial charge in [0.25, 0.3) is 0 Å². The molecule has 1 aromatic heterocycles. The van der Waals surface area contributed by atoms with Crippen LogP contribution in [0.25, 0.3) is 22.3 Å². The minimum absolute atomic E-state index is 0.669. The quantitative estimate of drug-likeness (QED) is 0.581. The SMILES string of the molecule is Cc1cc(Cl)c2oc(-c3ccccc3)cc2c1. The van der Waals surface area contributed by atoms with Crippen LogP contribution in [-0.4, -0.2) is 0 Å². The summed E-state index contributed by atoms with van der Waals surface area (Å²) >= 11 is 6.17. The third-order valence-electron chi connectivity index (χ3n) is 2.77. The summed E-state index contributed by atoms with van der Waals surface area (Å²) in [5.74, 6) is 0.855. The Kier molecular flexibility index (Phi) is 2.41. The third kappa shape index (κ3) is 1.83. The molecule has 1 heterocycles. The molecular formula is C15H11ClO. The van der Waals surface area contributed by atoms with Gasteiger partial charge in [0.05, 0.1) is 5.02 Å². The van der Waals surface area contributed by atoms with Gasteiger partial charge in [0.15, 0.2) is 5.58 Å². The van der Waals surface area contributed by atoms with Gasteiger partial charge in [0, 0.05) is 10.9 Å². The maximum Gasteiger partial charge on any atom is 0.153 e. The predicted octanol–water partition coefficient (Wildman–Crippen LogP) is 5.06. The molecular weight excluding hydrogens is 232 g/mol. The number of halogens is 1. The number of hydrogen-bond donors (Lipinski definition) is 0. The molecule has 0 aliphatic carbocycles. The van der Waals surface area contributed by atoms with Crippen LogP contribution < -0.4 is 0 Å². The molecule has 0 fully saturated rings. The average molecular weight is 243 g/mol. The first kappa shape index (κ1) is 10.4. The molecule has 0 saturated carbocycles. The Labute approximate surface area is 105 Å². The molecule has 84 valence electrons. The molecule has 17 heavy (non-hydrogen) atoms. The molecule has 0 bridgehead atoms. The van der Waals surface area contributed by atoms with Crippen LogP contribution in [0.4, 0.5) is 0 Å². The van der Waals surface area contributed by atoms with E-state index in [2.05, 4.69) is 6.07 Å². The second kappa shape index (κ2) is 3.94. The first-order chi connectivity index (χ1) is 8.24. The molecule has 0 aliphatic heterocycles. The fraction of sp³-hybridized carbons (Fsp3) is 0.0667. The second-order valence-corrected chi connectivity index (χ2v) is 4.55. The Bertz CT molecular complexity index is 668. The van der Waals surface area contributed by atoms with Crippen molar-refractivity contribution in [2.45, 2.75) is 6.92 Å². The molecule has 2 aromatic carbocycles. The van der Waals surface area contributed by atoms with Crippen LogP contribution in [-0.2, 0) is 0 Å². The van der Waals surface area contributed by atoms with E-state index in [1.165, 1.54) is 0 Å². The van der Waals surface area contributed by atoms with Gasteiger partial charge in [0.1, 0.15) is 5.76 Å². The molecule has 0 amide bonds. The van der Waals surface area contributed by atoms with E-state index in [-0.39, 0.29) is 0 Å². The largest absolute Gasteiger partial charge is 0.455 e. The monoisotopic (exact) mass is 242 g/mol. The predicted molar refractivity (Wildman–Crippen MR) is 71.4 cm³/mol. The molecule has 0 saturated heterocycles. The number of furan rings is 1. The van der Waals surface area contributed by atoms with Gasteiger partial charge in [0.2, 0.25) is 0 Å². The van der Waals surface area contributed by atoms with Crippen molar-refractivity contribution in [2.24, 2.45) is 0 Å². The number of rotatable bonds is 1. The second-order valence-electron chi connectivity index (χ2n) is 4.14. The Morgan fingerprint density at radius 2 is 1.76 bits per heavy atom. The maximum atomic E-state index is 6.17. The highest BCUT2D eigenvalue weighted by Gasteiger charge is 2.09. The van der Waals surface area contributed by atoms with Crippen molar-refractivity contribution in [3.8, 4) is 11.3 Å². The standard InChI is InChI=1S/C15H11ClO/c1-10-7-12-9-14(11-5-3-2-4-6-11)17-15(12)13(16)8-10/h2-9H,1H3. The smallest absolute Gasteiger partial charge is 0.153 e. The summed E-state index contributed by atoms with van der Waals surface area (Å²) in [6.45, 7) is 2.03. The first-order valence-electron chi connectivity index (χ1n) is 5.49. The van der Waals surface area contributed by atoms with Crippen LogP contribution in [0.3, 0.4) is 0 Å². The van der Waals surface area contributed by atoms with Crippen LogP contribution in [0.2, 0.25) is 5.02 Å². The highest BCUT2D eigenvalue weighted by molar-refractivity contribution is 6.35. The lowest BCUT2D eigenvalue weighted by atomic mass is 10.1. The van der Waals surface area contributed by atoms with Gasteiger partial charge in [-0.05, 0) is 30.7 Å². The molecule has 0 spiro atoms. The summed E-state index contributed by atoms with van der Waals surface area (Å²) in [6.07, 6.45) is 0. The zero-order chi connectivity index (χ0) is 11.8. The lowest BCUT2D eigenvalue weighted by molar-refractivity contribution is 0.631. The van der Waals surface area contributed by atoms with Gasteiger partial charge in [-0.2, -0.15) is 0 Å². The van der Waals surface area contributed by atoms with Gasteiger partial charge in [-0.1, -0.05) is 41.9 Å². The van der Waals surface area contributed by atoms with Crippen LogP contribution in [0.5, 0.6) is 0 Å². The highest BCUT2D eigenvalue weighted by atomic mass is 35.5. The third-order valence-corrected chi connectivity index (χ3v) is 3.05. The van der Waals surface area contributed by atoms with Gasteiger partial charge < -0.3 is 4.42 Å². The fourth-order valence-electron chi connectivity index (χ4n) is 2.00. The summed E-state index contributed by atoms with van der Waals surface area (Å²) in [5.41, 5.74) is 2.97. The van der Waals surface area contributed by atoms with E-state index in [1.54, 1.807) is 0 Å². The molecule has 3 rings (SSSR count). The first-order valence-corrected chi connectivity index (χ1v) is 5.87. The summed E-state index contributed by atoms with van der Waals surface area (Å²) in [4.78, 5) is 0. The van der Waals surface area contributed by atoms with E-state index in [4.69, 9.17) is 16.0 Å².